The van der Waals surface area contributed by atoms with Gasteiger partial charge < -0.3 is 20.4 Å². The summed E-state index contributed by atoms with van der Waals surface area (Å²) in [5.74, 6) is -1.88. The zero-order valence-corrected chi connectivity index (χ0v) is 20.5. The molecular weight excluding hydrogens is 501 g/mol. The number of benzene rings is 2. The first-order chi connectivity index (χ1) is 16.8. The second-order valence-electron chi connectivity index (χ2n) is 7.77. The van der Waals surface area contributed by atoms with Gasteiger partial charge >= 0.3 is 12.1 Å². The Labute approximate surface area is 205 Å². The number of carbonyl (C=O) groups excluding carboxylic acids is 1. The quantitative estimate of drug-likeness (QED) is 0.422. The third-order valence-electron chi connectivity index (χ3n) is 4.75. The number of aryl methyl sites for hydroxylation is 1. The van der Waals surface area contributed by atoms with Crippen molar-refractivity contribution in [3.8, 4) is 0 Å². The lowest BCUT2D eigenvalue weighted by Crippen LogP contribution is -2.36. The van der Waals surface area contributed by atoms with E-state index in [-0.39, 0.29) is 10.2 Å². The molecule has 3 rings (SSSR count). The SMILES string of the molecule is Cc1cccc(Nc2cc(Nc3cc(S(=O)(=O)N(C)OC(=O)C(F)(F)F)ccc3N(C)C)ncn2)c1. The Balaban J connectivity index is 1.90. The minimum absolute atomic E-state index is 0.133. The van der Waals surface area contributed by atoms with Gasteiger partial charge in [-0.05, 0) is 47.3 Å². The number of hydrogen-bond acceptors (Lipinski definition) is 9. The summed E-state index contributed by atoms with van der Waals surface area (Å²) in [6.45, 7) is 1.95. The minimum atomic E-state index is -5.36. The zero-order chi connectivity index (χ0) is 26.7. The highest BCUT2D eigenvalue weighted by molar-refractivity contribution is 7.89. The van der Waals surface area contributed by atoms with Crippen LogP contribution in [0.3, 0.4) is 0 Å². The summed E-state index contributed by atoms with van der Waals surface area (Å²) in [5, 5.41) is 6.15. The molecule has 192 valence electrons. The van der Waals surface area contributed by atoms with Gasteiger partial charge in [-0.1, -0.05) is 12.1 Å². The van der Waals surface area contributed by atoms with E-state index in [0.717, 1.165) is 11.3 Å². The van der Waals surface area contributed by atoms with Crippen LogP contribution in [0.25, 0.3) is 0 Å². The van der Waals surface area contributed by atoms with Gasteiger partial charge in [-0.25, -0.2) is 23.2 Å². The van der Waals surface area contributed by atoms with Gasteiger partial charge in [-0.3, -0.25) is 0 Å². The molecule has 0 saturated heterocycles. The third-order valence-corrected chi connectivity index (χ3v) is 6.35. The Kier molecular flexibility index (Phi) is 7.69. The first-order valence-corrected chi connectivity index (χ1v) is 11.7. The number of hydrogen-bond donors (Lipinski definition) is 2. The number of nitrogens with one attached hydrogen (secondary N) is 2. The van der Waals surface area contributed by atoms with E-state index in [1.807, 2.05) is 31.2 Å². The van der Waals surface area contributed by atoms with Crippen LogP contribution >= 0.6 is 0 Å². The van der Waals surface area contributed by atoms with Crippen molar-refractivity contribution < 1.29 is 31.2 Å². The van der Waals surface area contributed by atoms with Crippen molar-refractivity contribution in [2.24, 2.45) is 0 Å². The fourth-order valence-corrected chi connectivity index (χ4v) is 4.00. The van der Waals surface area contributed by atoms with Gasteiger partial charge in [0, 0.05) is 32.9 Å². The van der Waals surface area contributed by atoms with Crippen LogP contribution in [0.1, 0.15) is 5.56 Å². The van der Waals surface area contributed by atoms with Gasteiger partial charge in [0.2, 0.25) is 0 Å². The summed E-state index contributed by atoms with van der Waals surface area (Å²) in [6, 6.07) is 13.0. The summed E-state index contributed by atoms with van der Waals surface area (Å²) in [5.41, 5.74) is 2.68. The van der Waals surface area contributed by atoms with Gasteiger partial charge in [0.15, 0.2) is 0 Å². The minimum Gasteiger partial charge on any atom is -0.376 e. The maximum absolute atomic E-state index is 12.8. The predicted octanol–water partition coefficient (Wildman–Crippen LogP) is 3.98. The van der Waals surface area contributed by atoms with Crippen LogP contribution < -0.4 is 15.5 Å². The third kappa shape index (κ3) is 6.40. The second-order valence-corrected chi connectivity index (χ2v) is 9.71. The Morgan fingerprint density at radius 2 is 1.64 bits per heavy atom. The first-order valence-electron chi connectivity index (χ1n) is 10.3. The van der Waals surface area contributed by atoms with Gasteiger partial charge in [0.1, 0.15) is 18.0 Å². The smallest absolute Gasteiger partial charge is 0.376 e. The molecule has 0 bridgehead atoms. The average molecular weight is 525 g/mol. The maximum atomic E-state index is 12.8. The van der Waals surface area contributed by atoms with Gasteiger partial charge in [-0.2, -0.15) is 13.2 Å². The number of nitrogens with zero attached hydrogens (tertiary/aromatic N) is 4. The Morgan fingerprint density at radius 1 is 0.972 bits per heavy atom. The van der Waals surface area contributed by atoms with Gasteiger partial charge in [0.25, 0.3) is 10.0 Å². The van der Waals surface area contributed by atoms with Crippen LogP contribution in [0, 0.1) is 6.92 Å². The Hall–Kier alpha value is -3.91. The summed E-state index contributed by atoms with van der Waals surface area (Å²) >= 11 is 0. The van der Waals surface area contributed by atoms with Crippen molar-refractivity contribution in [3.63, 3.8) is 0 Å². The highest BCUT2D eigenvalue weighted by atomic mass is 32.2. The molecule has 0 atom stereocenters. The van der Waals surface area contributed by atoms with Crippen molar-refractivity contribution in [1.29, 1.82) is 0 Å². The average Bonchev–Trinajstić information content (AvgIpc) is 2.78. The molecule has 36 heavy (non-hydrogen) atoms. The second kappa shape index (κ2) is 10.4. The van der Waals surface area contributed by atoms with E-state index >= 15 is 0 Å². The molecule has 2 N–H and O–H groups in total. The van der Waals surface area contributed by atoms with E-state index in [9.17, 15) is 26.4 Å². The molecule has 0 unspecified atom stereocenters. The molecule has 0 aliphatic rings. The largest absolute Gasteiger partial charge is 0.492 e. The van der Waals surface area contributed by atoms with Crippen molar-refractivity contribution in [2.45, 2.75) is 18.0 Å². The molecule has 10 nitrogen and oxygen atoms in total. The molecule has 0 aliphatic heterocycles. The predicted molar refractivity (Wildman–Crippen MR) is 128 cm³/mol. The van der Waals surface area contributed by atoms with Crippen LogP contribution in [0.2, 0.25) is 0 Å². The Morgan fingerprint density at radius 3 is 2.25 bits per heavy atom. The maximum Gasteiger partial charge on any atom is 0.492 e. The van der Waals surface area contributed by atoms with E-state index in [4.69, 9.17) is 0 Å². The molecule has 14 heteroatoms. The number of anilines is 5. The summed E-state index contributed by atoms with van der Waals surface area (Å²) in [7, 11) is -0.486. The van der Waals surface area contributed by atoms with Crippen LogP contribution in [0.5, 0.6) is 0 Å². The van der Waals surface area contributed by atoms with E-state index in [2.05, 4.69) is 25.4 Å². The number of alkyl halides is 3. The fraction of sp³-hybridized carbons (Fsp3) is 0.227. The molecular formula is C22H23F3N6O4S. The molecule has 2 aromatic carbocycles. The molecule has 3 aromatic rings. The number of sulfonamides is 1. The number of carbonyl (C=O) groups is 1. The summed E-state index contributed by atoms with van der Waals surface area (Å²) in [4.78, 5) is 24.7. The first kappa shape index (κ1) is 26.7. The highest BCUT2D eigenvalue weighted by Gasteiger charge is 2.43. The lowest BCUT2D eigenvalue weighted by atomic mass is 10.2. The van der Waals surface area contributed by atoms with Crippen LogP contribution in [0.15, 0.2) is 59.8 Å². The zero-order valence-electron chi connectivity index (χ0n) is 19.7. The lowest BCUT2D eigenvalue weighted by molar-refractivity contribution is -0.219. The molecule has 0 saturated carbocycles. The van der Waals surface area contributed by atoms with Crippen LogP contribution in [-0.2, 0) is 19.7 Å². The normalized spacial score (nSPS) is 11.8. The molecule has 0 radical (unpaired) electrons. The highest BCUT2D eigenvalue weighted by Crippen LogP contribution is 2.32. The van der Waals surface area contributed by atoms with E-state index in [1.165, 1.54) is 24.5 Å². The number of rotatable bonds is 8. The van der Waals surface area contributed by atoms with Crippen molar-refractivity contribution in [2.75, 3.05) is 36.7 Å². The molecule has 0 fully saturated rings. The van der Waals surface area contributed by atoms with Crippen molar-refractivity contribution in [1.82, 2.24) is 14.4 Å². The van der Waals surface area contributed by atoms with Crippen LogP contribution in [0.4, 0.5) is 41.9 Å². The van der Waals surface area contributed by atoms with Crippen LogP contribution in [-0.4, -0.2) is 56.1 Å². The van der Waals surface area contributed by atoms with Gasteiger partial charge in [-0.15, -0.1) is 0 Å². The standard InChI is InChI=1S/C22H23F3N6O4S/c1-14-6-5-7-15(10-14)28-19-12-20(27-13-26-19)29-17-11-16(8-9-18(17)30(2)3)36(33,34)31(4)35-21(32)22(23,24)25/h5-13H,1-4H3,(H2,26,27,28,29). The molecule has 1 aromatic heterocycles. The molecule has 1 heterocycles. The Bertz CT molecular complexity index is 1370. The number of hydroxylamine groups is 1. The number of aromatic nitrogens is 2. The molecule has 0 amide bonds. The molecule has 0 aliphatic carbocycles. The number of halogens is 3. The lowest BCUT2D eigenvalue weighted by Gasteiger charge is -2.21. The van der Waals surface area contributed by atoms with Gasteiger partial charge in [0.05, 0.1) is 16.3 Å². The topological polar surface area (TPSA) is 117 Å². The molecule has 0 spiro atoms. The summed E-state index contributed by atoms with van der Waals surface area (Å²) in [6.07, 6.45) is -4.05. The van der Waals surface area contributed by atoms with E-state index in [0.29, 0.717) is 24.4 Å². The fourth-order valence-electron chi connectivity index (χ4n) is 3.03. The summed E-state index contributed by atoms with van der Waals surface area (Å²) < 4.78 is 62.9. The van der Waals surface area contributed by atoms with Crippen molar-refractivity contribution >= 4 is 44.7 Å². The van der Waals surface area contributed by atoms with E-state index in [1.54, 1.807) is 25.1 Å². The monoisotopic (exact) mass is 524 g/mol. The van der Waals surface area contributed by atoms with E-state index < -0.39 is 27.1 Å². The van der Waals surface area contributed by atoms with Crippen molar-refractivity contribution in [3.05, 3.63) is 60.4 Å².